The van der Waals surface area contributed by atoms with Crippen LogP contribution in [0.25, 0.3) is 5.82 Å². The van der Waals surface area contributed by atoms with Crippen LogP contribution in [0.3, 0.4) is 0 Å². The van der Waals surface area contributed by atoms with Gasteiger partial charge in [-0.3, -0.25) is 4.79 Å². The third kappa shape index (κ3) is 4.76. The summed E-state index contributed by atoms with van der Waals surface area (Å²) >= 11 is 0. The lowest BCUT2D eigenvalue weighted by Gasteiger charge is -2.35. The quantitative estimate of drug-likeness (QED) is 0.615. The van der Waals surface area contributed by atoms with Crippen molar-refractivity contribution in [3.8, 4) is 5.82 Å². The molecule has 1 aliphatic rings. The van der Waals surface area contributed by atoms with E-state index in [0.717, 1.165) is 62.0 Å². The molecule has 0 radical (unpaired) electrons. The maximum Gasteiger partial charge on any atom is 0.222 e. The van der Waals surface area contributed by atoms with Gasteiger partial charge < -0.3 is 9.80 Å². The lowest BCUT2D eigenvalue weighted by atomic mass is 10.1. The number of rotatable bonds is 6. The molecule has 1 fully saturated rings. The van der Waals surface area contributed by atoms with Gasteiger partial charge in [0.05, 0.1) is 5.69 Å². The van der Waals surface area contributed by atoms with Crippen LogP contribution in [-0.4, -0.2) is 57.0 Å². The van der Waals surface area contributed by atoms with Crippen molar-refractivity contribution >= 4 is 11.7 Å². The average Bonchev–Trinajstić information content (AvgIpc) is 3.07. The van der Waals surface area contributed by atoms with Gasteiger partial charge in [-0.2, -0.15) is 5.10 Å². The molecule has 3 aromatic rings. The van der Waals surface area contributed by atoms with Crippen molar-refractivity contribution in [1.82, 2.24) is 24.9 Å². The van der Waals surface area contributed by atoms with Gasteiger partial charge in [-0.05, 0) is 56.9 Å². The summed E-state index contributed by atoms with van der Waals surface area (Å²) in [6, 6.07) is 14.3. The minimum Gasteiger partial charge on any atom is -0.352 e. The fraction of sp³-hybridized carbons (Fsp3) is 0.417. The monoisotopic (exact) mass is 418 g/mol. The molecule has 0 spiro atoms. The summed E-state index contributed by atoms with van der Waals surface area (Å²) < 4.78 is 1.84. The van der Waals surface area contributed by atoms with Crippen LogP contribution in [0.5, 0.6) is 0 Å². The number of amides is 1. The Morgan fingerprint density at radius 1 is 0.903 bits per heavy atom. The van der Waals surface area contributed by atoms with Crippen LogP contribution < -0.4 is 4.90 Å². The van der Waals surface area contributed by atoms with Gasteiger partial charge >= 0.3 is 0 Å². The maximum atomic E-state index is 12.6. The zero-order valence-electron chi connectivity index (χ0n) is 18.6. The molecule has 0 saturated carbocycles. The number of carbonyl (C=O) groups is 1. The van der Waals surface area contributed by atoms with Gasteiger partial charge in [0.2, 0.25) is 5.91 Å². The number of piperazine rings is 1. The Kier molecular flexibility index (Phi) is 6.30. The van der Waals surface area contributed by atoms with Crippen molar-refractivity contribution in [2.75, 3.05) is 31.1 Å². The summed E-state index contributed by atoms with van der Waals surface area (Å²) in [5, 5.41) is 13.4. The molecule has 1 aromatic carbocycles. The predicted octanol–water partition coefficient (Wildman–Crippen LogP) is 3.26. The van der Waals surface area contributed by atoms with E-state index in [1.54, 1.807) is 0 Å². The molecule has 2 aromatic heterocycles. The third-order valence-electron chi connectivity index (χ3n) is 6.16. The maximum absolute atomic E-state index is 12.6. The van der Waals surface area contributed by atoms with Crippen LogP contribution in [0.2, 0.25) is 0 Å². The van der Waals surface area contributed by atoms with Gasteiger partial charge in [-0.25, -0.2) is 4.68 Å². The van der Waals surface area contributed by atoms with E-state index in [2.05, 4.69) is 39.3 Å². The molecule has 1 aliphatic heterocycles. The zero-order chi connectivity index (χ0) is 21.8. The summed E-state index contributed by atoms with van der Waals surface area (Å²) in [7, 11) is 0. The highest BCUT2D eigenvalue weighted by molar-refractivity contribution is 5.76. The van der Waals surface area contributed by atoms with Crippen LogP contribution in [0.15, 0.2) is 42.5 Å². The molecular weight excluding hydrogens is 388 g/mol. The van der Waals surface area contributed by atoms with Crippen LogP contribution in [-0.2, 0) is 11.2 Å². The standard InChI is InChI=1S/C24H30N6O/c1-18-19(2)27-30(20(18)3)23-13-12-22(25-26-23)28-14-16-29(17-15-28)24(31)11-7-10-21-8-5-4-6-9-21/h4-6,8-9,12-13H,7,10-11,14-17H2,1-3H3. The topological polar surface area (TPSA) is 67.2 Å². The first-order valence-corrected chi connectivity index (χ1v) is 11.0. The van der Waals surface area contributed by atoms with Crippen molar-refractivity contribution < 1.29 is 4.79 Å². The first-order chi connectivity index (χ1) is 15.0. The molecule has 0 unspecified atom stereocenters. The van der Waals surface area contributed by atoms with Crippen molar-refractivity contribution in [1.29, 1.82) is 0 Å². The highest BCUT2D eigenvalue weighted by Gasteiger charge is 2.22. The van der Waals surface area contributed by atoms with E-state index in [1.807, 2.05) is 53.8 Å². The summed E-state index contributed by atoms with van der Waals surface area (Å²) in [4.78, 5) is 16.7. The Balaban J connectivity index is 1.28. The van der Waals surface area contributed by atoms with Crippen LogP contribution in [0, 0.1) is 20.8 Å². The van der Waals surface area contributed by atoms with Gasteiger partial charge in [0.1, 0.15) is 0 Å². The Labute approximate surface area is 183 Å². The number of hydrogen-bond acceptors (Lipinski definition) is 5. The largest absolute Gasteiger partial charge is 0.352 e. The smallest absolute Gasteiger partial charge is 0.222 e. The van der Waals surface area contributed by atoms with Crippen molar-refractivity contribution in [3.05, 3.63) is 65.0 Å². The van der Waals surface area contributed by atoms with Gasteiger partial charge in [0.15, 0.2) is 11.6 Å². The molecule has 7 nitrogen and oxygen atoms in total. The second-order valence-corrected chi connectivity index (χ2v) is 8.16. The Morgan fingerprint density at radius 3 is 2.19 bits per heavy atom. The van der Waals surface area contributed by atoms with Gasteiger partial charge in [-0.1, -0.05) is 30.3 Å². The molecule has 31 heavy (non-hydrogen) atoms. The fourth-order valence-electron chi connectivity index (χ4n) is 3.97. The molecule has 0 aliphatic carbocycles. The molecule has 4 rings (SSSR count). The number of aromatic nitrogens is 4. The minimum atomic E-state index is 0.247. The highest BCUT2D eigenvalue weighted by atomic mass is 16.2. The summed E-state index contributed by atoms with van der Waals surface area (Å²) in [6.45, 7) is 9.12. The second kappa shape index (κ2) is 9.29. The highest BCUT2D eigenvalue weighted by Crippen LogP contribution is 2.18. The van der Waals surface area contributed by atoms with E-state index >= 15 is 0 Å². The Hall–Kier alpha value is -3.22. The Bertz CT molecular complexity index is 1020. The molecule has 0 atom stereocenters. The number of carbonyl (C=O) groups excluding carboxylic acids is 1. The van der Waals surface area contributed by atoms with E-state index in [9.17, 15) is 4.79 Å². The third-order valence-corrected chi connectivity index (χ3v) is 6.16. The molecular formula is C24H30N6O. The predicted molar refractivity (Wildman–Crippen MR) is 122 cm³/mol. The van der Waals surface area contributed by atoms with Crippen LogP contribution in [0.1, 0.15) is 35.4 Å². The van der Waals surface area contributed by atoms with Crippen molar-refractivity contribution in [2.45, 2.75) is 40.0 Å². The zero-order valence-corrected chi connectivity index (χ0v) is 18.6. The van der Waals surface area contributed by atoms with E-state index in [1.165, 1.54) is 11.1 Å². The van der Waals surface area contributed by atoms with E-state index < -0.39 is 0 Å². The van der Waals surface area contributed by atoms with Gasteiger partial charge in [0.25, 0.3) is 0 Å². The molecule has 3 heterocycles. The summed E-state index contributed by atoms with van der Waals surface area (Å²) in [6.07, 6.45) is 2.44. The van der Waals surface area contributed by atoms with Gasteiger partial charge in [-0.15, -0.1) is 10.2 Å². The SMILES string of the molecule is Cc1nn(-c2ccc(N3CCN(C(=O)CCCc4ccccc4)CC3)nn2)c(C)c1C. The Morgan fingerprint density at radius 2 is 1.58 bits per heavy atom. The first-order valence-electron chi connectivity index (χ1n) is 11.0. The summed E-state index contributed by atoms with van der Waals surface area (Å²) in [5.41, 5.74) is 4.56. The van der Waals surface area contributed by atoms with E-state index in [-0.39, 0.29) is 5.91 Å². The molecule has 1 saturated heterocycles. The lowest BCUT2D eigenvalue weighted by Crippen LogP contribution is -2.49. The number of benzene rings is 1. The molecule has 162 valence electrons. The number of hydrogen-bond donors (Lipinski definition) is 0. The first kappa shape index (κ1) is 21.0. The van der Waals surface area contributed by atoms with Crippen molar-refractivity contribution in [2.24, 2.45) is 0 Å². The fourth-order valence-corrected chi connectivity index (χ4v) is 3.97. The van der Waals surface area contributed by atoms with Crippen LogP contribution >= 0.6 is 0 Å². The number of nitrogens with zero attached hydrogens (tertiary/aromatic N) is 6. The molecule has 7 heteroatoms. The number of anilines is 1. The molecule has 0 bridgehead atoms. The van der Waals surface area contributed by atoms with Gasteiger partial charge in [0, 0.05) is 38.3 Å². The normalized spacial score (nSPS) is 14.2. The lowest BCUT2D eigenvalue weighted by molar-refractivity contribution is -0.131. The minimum absolute atomic E-state index is 0.247. The second-order valence-electron chi connectivity index (χ2n) is 8.16. The van der Waals surface area contributed by atoms with Crippen molar-refractivity contribution in [3.63, 3.8) is 0 Å². The molecule has 0 N–H and O–H groups in total. The van der Waals surface area contributed by atoms with E-state index in [4.69, 9.17) is 0 Å². The average molecular weight is 419 g/mol. The van der Waals surface area contributed by atoms with E-state index in [0.29, 0.717) is 6.42 Å². The van der Waals surface area contributed by atoms with Crippen LogP contribution in [0.4, 0.5) is 5.82 Å². The summed E-state index contributed by atoms with van der Waals surface area (Å²) in [5.74, 6) is 1.82. The number of aryl methyl sites for hydroxylation is 2. The molecule has 1 amide bonds.